The van der Waals surface area contributed by atoms with E-state index >= 15 is 0 Å². The third-order valence-electron chi connectivity index (χ3n) is 7.17. The molecule has 9 nitrogen and oxygen atoms in total. The van der Waals surface area contributed by atoms with Gasteiger partial charge >= 0.3 is 0 Å². The molecule has 206 valence electrons. The number of likely N-dealkylation sites (N-methyl/N-ethyl adjacent to an activating group) is 1. The average Bonchev–Trinajstić information content (AvgIpc) is 3.30. The first-order valence-electron chi connectivity index (χ1n) is 13.3. The molecular weight excluding hydrogens is 502 g/mol. The number of benzene rings is 2. The van der Waals surface area contributed by atoms with Crippen LogP contribution in [0.3, 0.4) is 0 Å². The molecule has 2 aromatic heterocycles. The first kappa shape index (κ1) is 27.0. The molecule has 1 saturated heterocycles. The van der Waals surface area contributed by atoms with Crippen LogP contribution in [0.4, 0.5) is 23.0 Å². The lowest BCUT2D eigenvalue weighted by Crippen LogP contribution is -2.44. The number of nitrogens with zero attached hydrogens (tertiary/aromatic N) is 5. The molecule has 40 heavy (non-hydrogen) atoms. The Morgan fingerprint density at radius 1 is 1.10 bits per heavy atom. The fraction of sp³-hybridized carbons (Fsp3) is 0.258. The number of amides is 1. The predicted molar refractivity (Wildman–Crippen MR) is 163 cm³/mol. The van der Waals surface area contributed by atoms with Crippen molar-refractivity contribution in [3.8, 4) is 17.0 Å². The Labute approximate surface area is 234 Å². The molecule has 0 saturated carbocycles. The van der Waals surface area contributed by atoms with Gasteiger partial charge in [0.2, 0.25) is 11.9 Å². The molecule has 1 amide bonds. The van der Waals surface area contributed by atoms with E-state index in [1.165, 1.54) is 6.08 Å². The van der Waals surface area contributed by atoms with Crippen molar-refractivity contribution < 1.29 is 9.53 Å². The number of aryl methyl sites for hydroxylation is 2. The molecule has 0 atom stereocenters. The molecule has 2 aromatic carbocycles. The zero-order valence-electron chi connectivity index (χ0n) is 23.4. The van der Waals surface area contributed by atoms with Crippen molar-refractivity contribution in [2.24, 2.45) is 7.05 Å². The smallest absolute Gasteiger partial charge is 0.248 e. The molecule has 0 bridgehead atoms. The molecule has 5 rings (SSSR count). The maximum absolute atomic E-state index is 12.7. The normalized spacial score (nSPS) is 14.1. The second-order valence-electron chi connectivity index (χ2n) is 9.97. The third-order valence-corrected chi connectivity index (χ3v) is 7.17. The molecule has 3 heterocycles. The standard InChI is InChI=1S/C31H35N7O2/c1-6-7-12-29(39)33-24-17-25(28(40-5)18-27(24)38-15-13-36(3)14-16-38)34-31-32-19-21(2)30(35-31)23-20-37(4)26-11-9-8-10-22(23)26/h6-12,17-20H,1,13-16H2,2-5H3,(H,33,39)(H,32,34,35)/b12-7+. The van der Waals surface area contributed by atoms with E-state index in [-0.39, 0.29) is 5.91 Å². The van der Waals surface area contributed by atoms with Crippen molar-refractivity contribution in [1.82, 2.24) is 19.4 Å². The van der Waals surface area contributed by atoms with E-state index in [1.807, 2.05) is 44.4 Å². The quantitative estimate of drug-likeness (QED) is 0.238. The van der Waals surface area contributed by atoms with E-state index in [1.54, 1.807) is 19.3 Å². The summed E-state index contributed by atoms with van der Waals surface area (Å²) in [5.74, 6) is 0.823. The number of hydrogen-bond donors (Lipinski definition) is 2. The Balaban J connectivity index is 1.53. The summed E-state index contributed by atoms with van der Waals surface area (Å²) in [5.41, 5.74) is 6.23. The van der Waals surface area contributed by atoms with Gasteiger partial charge in [0.15, 0.2) is 0 Å². The van der Waals surface area contributed by atoms with Crippen molar-refractivity contribution in [2.75, 3.05) is 55.9 Å². The van der Waals surface area contributed by atoms with Crippen LogP contribution < -0.4 is 20.3 Å². The Bertz CT molecular complexity index is 1580. The number of hydrogen-bond acceptors (Lipinski definition) is 7. The minimum Gasteiger partial charge on any atom is -0.494 e. The summed E-state index contributed by atoms with van der Waals surface area (Å²) in [6, 6.07) is 12.1. The number of methoxy groups -OCH3 is 1. The number of rotatable bonds is 8. The Kier molecular flexibility index (Phi) is 7.84. The molecule has 2 N–H and O–H groups in total. The van der Waals surface area contributed by atoms with Crippen LogP contribution >= 0.6 is 0 Å². The van der Waals surface area contributed by atoms with E-state index in [0.29, 0.717) is 23.1 Å². The maximum atomic E-state index is 12.7. The van der Waals surface area contributed by atoms with Crippen LogP contribution in [0.15, 0.2) is 73.6 Å². The SMILES string of the molecule is C=C/C=C/C(=O)Nc1cc(Nc2ncc(C)c(-c3cn(C)c4ccccc34)n2)c(OC)cc1N1CCN(C)CC1. The van der Waals surface area contributed by atoms with Crippen molar-refractivity contribution in [3.05, 3.63) is 79.2 Å². The first-order chi connectivity index (χ1) is 19.4. The molecule has 1 aliphatic heterocycles. The van der Waals surface area contributed by atoms with Crippen LogP contribution in [0.25, 0.3) is 22.2 Å². The van der Waals surface area contributed by atoms with Gasteiger partial charge in [-0.2, -0.15) is 0 Å². The predicted octanol–water partition coefficient (Wildman–Crippen LogP) is 5.13. The molecule has 9 heteroatoms. The zero-order chi connectivity index (χ0) is 28.2. The molecule has 1 fully saturated rings. The van der Waals surface area contributed by atoms with Crippen molar-refractivity contribution in [1.29, 1.82) is 0 Å². The van der Waals surface area contributed by atoms with Gasteiger partial charge in [0, 0.05) is 74.2 Å². The number of anilines is 4. The van der Waals surface area contributed by atoms with Crippen LogP contribution in [-0.2, 0) is 11.8 Å². The number of ether oxygens (including phenoxy) is 1. The van der Waals surface area contributed by atoms with Crippen molar-refractivity contribution in [2.45, 2.75) is 6.92 Å². The minimum atomic E-state index is -0.240. The molecule has 4 aromatic rings. The van der Waals surface area contributed by atoms with Gasteiger partial charge in [-0.15, -0.1) is 0 Å². The third kappa shape index (κ3) is 5.55. The second kappa shape index (κ2) is 11.6. The van der Waals surface area contributed by atoms with Gasteiger partial charge in [0.25, 0.3) is 0 Å². The maximum Gasteiger partial charge on any atom is 0.248 e. The van der Waals surface area contributed by atoms with Gasteiger partial charge in [-0.1, -0.05) is 36.9 Å². The summed E-state index contributed by atoms with van der Waals surface area (Å²) in [4.78, 5) is 26.7. The summed E-state index contributed by atoms with van der Waals surface area (Å²) >= 11 is 0. The van der Waals surface area contributed by atoms with Gasteiger partial charge < -0.3 is 29.7 Å². The van der Waals surface area contributed by atoms with E-state index in [4.69, 9.17) is 9.72 Å². The highest BCUT2D eigenvalue weighted by molar-refractivity contribution is 6.02. The van der Waals surface area contributed by atoms with E-state index in [0.717, 1.165) is 59.6 Å². The molecular formula is C31H35N7O2. The van der Waals surface area contributed by atoms with E-state index in [9.17, 15) is 4.79 Å². The molecule has 0 aliphatic carbocycles. The largest absolute Gasteiger partial charge is 0.494 e. The summed E-state index contributed by atoms with van der Waals surface area (Å²) in [6.07, 6.45) is 8.56. The van der Waals surface area contributed by atoms with E-state index in [2.05, 4.69) is 61.9 Å². The molecule has 0 radical (unpaired) electrons. The van der Waals surface area contributed by atoms with Crippen LogP contribution in [0.1, 0.15) is 5.56 Å². The van der Waals surface area contributed by atoms with Crippen LogP contribution in [0.5, 0.6) is 5.75 Å². The Morgan fingerprint density at radius 3 is 2.62 bits per heavy atom. The average molecular weight is 538 g/mol. The summed E-state index contributed by atoms with van der Waals surface area (Å²) in [6.45, 7) is 9.21. The van der Waals surface area contributed by atoms with Crippen LogP contribution in [0.2, 0.25) is 0 Å². The molecule has 0 spiro atoms. The van der Waals surface area contributed by atoms with Crippen LogP contribution in [-0.4, -0.2) is 65.7 Å². The number of piperazine rings is 1. The first-order valence-corrected chi connectivity index (χ1v) is 13.3. The topological polar surface area (TPSA) is 87.5 Å². The van der Waals surface area contributed by atoms with Gasteiger partial charge in [-0.3, -0.25) is 4.79 Å². The summed E-state index contributed by atoms with van der Waals surface area (Å²) in [5, 5.41) is 7.51. The van der Waals surface area contributed by atoms with Crippen molar-refractivity contribution in [3.63, 3.8) is 0 Å². The van der Waals surface area contributed by atoms with Gasteiger partial charge in [-0.25, -0.2) is 9.97 Å². The highest BCUT2D eigenvalue weighted by Gasteiger charge is 2.21. The summed E-state index contributed by atoms with van der Waals surface area (Å²) < 4.78 is 7.90. The number of nitrogens with one attached hydrogen (secondary N) is 2. The fourth-order valence-electron chi connectivity index (χ4n) is 5.00. The fourth-order valence-corrected chi connectivity index (χ4v) is 5.00. The number of allylic oxidation sites excluding steroid dienone is 2. The van der Waals surface area contributed by atoms with Crippen LogP contribution in [0, 0.1) is 6.92 Å². The highest BCUT2D eigenvalue weighted by Crippen LogP contribution is 2.39. The van der Waals surface area contributed by atoms with Crippen molar-refractivity contribution >= 4 is 39.8 Å². The minimum absolute atomic E-state index is 0.240. The van der Waals surface area contributed by atoms with E-state index < -0.39 is 0 Å². The van der Waals surface area contributed by atoms with Gasteiger partial charge in [0.1, 0.15) is 5.75 Å². The van der Waals surface area contributed by atoms with Gasteiger partial charge in [0.05, 0.1) is 29.9 Å². The molecule has 1 aliphatic rings. The lowest BCUT2D eigenvalue weighted by atomic mass is 10.1. The highest BCUT2D eigenvalue weighted by atomic mass is 16.5. The number of carbonyl (C=O) groups excluding carboxylic acids is 1. The Morgan fingerprint density at radius 2 is 1.88 bits per heavy atom. The lowest BCUT2D eigenvalue weighted by Gasteiger charge is -2.35. The number of para-hydroxylation sites is 1. The second-order valence-corrected chi connectivity index (χ2v) is 9.97. The zero-order valence-corrected chi connectivity index (χ0v) is 23.4. The lowest BCUT2D eigenvalue weighted by molar-refractivity contribution is -0.111. The van der Waals surface area contributed by atoms with Gasteiger partial charge in [-0.05, 0) is 31.7 Å². The Hall–Kier alpha value is -4.63. The molecule has 0 unspecified atom stereocenters. The monoisotopic (exact) mass is 537 g/mol. The number of aromatic nitrogens is 3. The number of carbonyl (C=O) groups is 1. The number of fused-ring (bicyclic) bond motifs is 1. The summed E-state index contributed by atoms with van der Waals surface area (Å²) in [7, 11) is 5.78.